The number of benzene rings is 2. The lowest BCUT2D eigenvalue weighted by Crippen LogP contribution is -2.35. The molecule has 2 rings (SSSR count). The smallest absolute Gasteiger partial charge is 0.243 e. The van der Waals surface area contributed by atoms with Gasteiger partial charge in [-0.25, -0.2) is 4.39 Å². The Morgan fingerprint density at radius 3 is 2.50 bits per heavy atom. The second-order valence-electron chi connectivity index (χ2n) is 5.51. The number of primary amides is 1. The molecule has 2 aromatic rings. The van der Waals surface area contributed by atoms with Crippen LogP contribution >= 0.6 is 15.9 Å². The second-order valence-corrected chi connectivity index (χ2v) is 6.42. The van der Waals surface area contributed by atoms with Crippen LogP contribution in [0.15, 0.2) is 46.9 Å². The Kier molecular flexibility index (Phi) is 6.97. The molecule has 0 fully saturated rings. The van der Waals surface area contributed by atoms with E-state index in [9.17, 15) is 14.0 Å². The van der Waals surface area contributed by atoms with Gasteiger partial charge in [-0.05, 0) is 42.5 Å². The third kappa shape index (κ3) is 5.73. The molecular formula is C18H19BrFN3O3. The first-order chi connectivity index (χ1) is 12.4. The molecule has 0 spiro atoms. The minimum Gasteiger partial charge on any atom is -0.497 e. The highest BCUT2D eigenvalue weighted by atomic mass is 79.9. The first-order valence-electron chi connectivity index (χ1n) is 7.81. The van der Waals surface area contributed by atoms with Crippen LogP contribution in [-0.4, -0.2) is 32.0 Å². The van der Waals surface area contributed by atoms with Gasteiger partial charge in [-0.15, -0.1) is 0 Å². The maximum absolute atomic E-state index is 13.9. The van der Waals surface area contributed by atoms with Crippen LogP contribution in [0.1, 0.15) is 6.42 Å². The average molecular weight is 424 g/mol. The Labute approximate surface area is 159 Å². The zero-order valence-electron chi connectivity index (χ0n) is 14.2. The van der Waals surface area contributed by atoms with Crippen molar-refractivity contribution in [1.82, 2.24) is 0 Å². The summed E-state index contributed by atoms with van der Waals surface area (Å²) < 4.78 is 19.6. The predicted octanol–water partition coefficient (Wildman–Crippen LogP) is 2.92. The number of methoxy groups -OCH3 is 1. The van der Waals surface area contributed by atoms with Gasteiger partial charge < -0.3 is 20.7 Å². The number of nitrogens with one attached hydrogen (secondary N) is 1. The normalized spacial score (nSPS) is 10.3. The number of rotatable bonds is 8. The maximum atomic E-state index is 13.9. The van der Waals surface area contributed by atoms with Gasteiger partial charge in [0, 0.05) is 23.1 Å². The summed E-state index contributed by atoms with van der Waals surface area (Å²) in [4.78, 5) is 25.1. The lowest BCUT2D eigenvalue weighted by Gasteiger charge is -2.24. The summed E-state index contributed by atoms with van der Waals surface area (Å²) in [5.41, 5.74) is 6.02. The van der Waals surface area contributed by atoms with Crippen molar-refractivity contribution >= 4 is 39.1 Å². The molecule has 6 nitrogen and oxygen atoms in total. The molecule has 0 aromatic heterocycles. The highest BCUT2D eigenvalue weighted by Gasteiger charge is 2.14. The molecule has 2 aromatic carbocycles. The highest BCUT2D eigenvalue weighted by Crippen LogP contribution is 2.21. The zero-order valence-corrected chi connectivity index (χ0v) is 15.8. The van der Waals surface area contributed by atoms with Crippen molar-refractivity contribution in [3.8, 4) is 5.75 Å². The molecule has 0 aliphatic heterocycles. The average Bonchev–Trinajstić information content (AvgIpc) is 2.61. The number of ether oxygens (including phenoxy) is 1. The molecule has 0 saturated carbocycles. The van der Waals surface area contributed by atoms with Crippen molar-refractivity contribution in [2.45, 2.75) is 6.42 Å². The fourth-order valence-electron chi connectivity index (χ4n) is 2.29. The van der Waals surface area contributed by atoms with Crippen molar-refractivity contribution < 1.29 is 18.7 Å². The SMILES string of the molecule is COc1ccc(N(CCC(N)=O)CC(=O)Nc2ccc(Br)cc2F)cc1. The van der Waals surface area contributed by atoms with Gasteiger partial charge in [0.25, 0.3) is 0 Å². The van der Waals surface area contributed by atoms with E-state index in [1.807, 2.05) is 0 Å². The van der Waals surface area contributed by atoms with E-state index < -0.39 is 17.6 Å². The van der Waals surface area contributed by atoms with Crippen molar-refractivity contribution in [3.05, 3.63) is 52.8 Å². The summed E-state index contributed by atoms with van der Waals surface area (Å²) in [6, 6.07) is 11.4. The van der Waals surface area contributed by atoms with Gasteiger partial charge in [-0.2, -0.15) is 0 Å². The summed E-state index contributed by atoms with van der Waals surface area (Å²) in [5.74, 6) is -0.750. The summed E-state index contributed by atoms with van der Waals surface area (Å²) in [5, 5.41) is 2.53. The summed E-state index contributed by atoms with van der Waals surface area (Å²) in [7, 11) is 1.56. The summed E-state index contributed by atoms with van der Waals surface area (Å²) in [6.45, 7) is 0.201. The van der Waals surface area contributed by atoms with Gasteiger partial charge in [0.15, 0.2) is 0 Å². The van der Waals surface area contributed by atoms with Gasteiger partial charge >= 0.3 is 0 Å². The van der Waals surface area contributed by atoms with Gasteiger partial charge in [0.2, 0.25) is 11.8 Å². The number of hydrogen-bond donors (Lipinski definition) is 2. The quantitative estimate of drug-likeness (QED) is 0.683. The number of amides is 2. The van der Waals surface area contributed by atoms with E-state index in [1.54, 1.807) is 42.3 Å². The molecule has 3 N–H and O–H groups in total. The molecule has 0 aliphatic rings. The zero-order chi connectivity index (χ0) is 19.1. The maximum Gasteiger partial charge on any atom is 0.243 e. The fourth-order valence-corrected chi connectivity index (χ4v) is 2.62. The van der Waals surface area contributed by atoms with Gasteiger partial charge in [-0.1, -0.05) is 15.9 Å². The summed E-state index contributed by atoms with van der Waals surface area (Å²) >= 11 is 3.16. The first-order valence-corrected chi connectivity index (χ1v) is 8.60. The number of anilines is 2. The van der Waals surface area contributed by atoms with Crippen molar-refractivity contribution in [3.63, 3.8) is 0 Å². The molecule has 2 amide bonds. The molecule has 0 bridgehead atoms. The Hall–Kier alpha value is -2.61. The number of nitrogens with two attached hydrogens (primary N) is 1. The molecule has 138 valence electrons. The Morgan fingerprint density at radius 1 is 1.23 bits per heavy atom. The van der Waals surface area contributed by atoms with E-state index in [2.05, 4.69) is 21.2 Å². The van der Waals surface area contributed by atoms with E-state index in [0.29, 0.717) is 10.2 Å². The molecule has 0 heterocycles. The van der Waals surface area contributed by atoms with E-state index in [4.69, 9.17) is 10.5 Å². The lowest BCUT2D eigenvalue weighted by molar-refractivity contribution is -0.118. The number of halogens is 2. The lowest BCUT2D eigenvalue weighted by atomic mass is 10.2. The first kappa shape index (κ1) is 19.7. The van der Waals surface area contributed by atoms with Gasteiger partial charge in [0.05, 0.1) is 19.3 Å². The van der Waals surface area contributed by atoms with E-state index in [1.165, 1.54) is 12.1 Å². The minimum atomic E-state index is -0.541. The van der Waals surface area contributed by atoms with Crippen LogP contribution in [0.3, 0.4) is 0 Å². The van der Waals surface area contributed by atoms with Crippen LogP contribution in [0, 0.1) is 5.82 Å². The van der Waals surface area contributed by atoms with E-state index in [0.717, 1.165) is 5.69 Å². The molecule has 0 saturated heterocycles. The Balaban J connectivity index is 2.11. The third-order valence-corrected chi connectivity index (χ3v) is 4.10. The topological polar surface area (TPSA) is 84.7 Å². The van der Waals surface area contributed by atoms with Gasteiger partial charge in [-0.3, -0.25) is 9.59 Å². The Morgan fingerprint density at radius 2 is 1.92 bits per heavy atom. The third-order valence-electron chi connectivity index (χ3n) is 3.61. The molecule has 0 aliphatic carbocycles. The van der Waals surface area contributed by atoms with Crippen LogP contribution in [-0.2, 0) is 9.59 Å². The number of nitrogens with zero attached hydrogens (tertiary/aromatic N) is 1. The molecule has 0 unspecified atom stereocenters. The summed E-state index contributed by atoms with van der Waals surface area (Å²) in [6.07, 6.45) is 0.0892. The number of carbonyl (C=O) groups excluding carboxylic acids is 2. The predicted molar refractivity (Wildman–Crippen MR) is 102 cm³/mol. The van der Waals surface area contributed by atoms with E-state index in [-0.39, 0.29) is 25.2 Å². The Bertz CT molecular complexity index is 784. The van der Waals surface area contributed by atoms with Crippen LogP contribution in [0.2, 0.25) is 0 Å². The number of carbonyl (C=O) groups is 2. The highest BCUT2D eigenvalue weighted by molar-refractivity contribution is 9.10. The molecule has 0 atom stereocenters. The van der Waals surface area contributed by atoms with Gasteiger partial charge in [0.1, 0.15) is 11.6 Å². The number of hydrogen-bond acceptors (Lipinski definition) is 4. The molecule has 0 radical (unpaired) electrons. The van der Waals surface area contributed by atoms with Crippen molar-refractivity contribution in [1.29, 1.82) is 0 Å². The van der Waals surface area contributed by atoms with Crippen LogP contribution in [0.5, 0.6) is 5.75 Å². The minimum absolute atomic E-state index is 0.0604. The monoisotopic (exact) mass is 423 g/mol. The van der Waals surface area contributed by atoms with Crippen LogP contribution in [0.25, 0.3) is 0 Å². The van der Waals surface area contributed by atoms with Crippen molar-refractivity contribution in [2.75, 3.05) is 30.4 Å². The largest absolute Gasteiger partial charge is 0.497 e. The molecule has 8 heteroatoms. The van der Waals surface area contributed by atoms with Crippen LogP contribution in [0.4, 0.5) is 15.8 Å². The second kappa shape index (κ2) is 9.19. The fraction of sp³-hybridized carbons (Fsp3) is 0.222. The molecular weight excluding hydrogens is 405 g/mol. The molecule has 26 heavy (non-hydrogen) atoms. The van der Waals surface area contributed by atoms with Crippen molar-refractivity contribution in [2.24, 2.45) is 5.73 Å². The van der Waals surface area contributed by atoms with Crippen LogP contribution < -0.4 is 20.7 Å². The standard InChI is InChI=1S/C18H19BrFN3O3/c1-26-14-5-3-13(4-6-14)23(9-8-17(21)24)11-18(25)22-16-7-2-12(19)10-15(16)20/h2-7,10H,8-9,11H2,1H3,(H2,21,24)(H,22,25). The van der Waals surface area contributed by atoms with E-state index >= 15 is 0 Å².